The van der Waals surface area contributed by atoms with Crippen LogP contribution in [0, 0.1) is 12.8 Å². The molecule has 1 aromatic heterocycles. The number of hydrogen-bond donors (Lipinski definition) is 0. The number of piperidine rings is 1. The number of ether oxygens (including phenoxy) is 1. The molecule has 0 aliphatic carbocycles. The number of amides is 2. The summed E-state index contributed by atoms with van der Waals surface area (Å²) in [6.45, 7) is 10.9. The van der Waals surface area contributed by atoms with Crippen molar-refractivity contribution in [1.82, 2.24) is 14.9 Å². The highest BCUT2D eigenvalue weighted by Gasteiger charge is 2.41. The lowest BCUT2D eigenvalue weighted by Crippen LogP contribution is -2.50. The lowest BCUT2D eigenvalue weighted by Gasteiger charge is -2.41. The van der Waals surface area contributed by atoms with Crippen molar-refractivity contribution < 1.29 is 14.3 Å². The number of aryl methyl sites for hydroxylation is 1. The molecule has 0 saturated carbocycles. The van der Waals surface area contributed by atoms with Gasteiger partial charge >= 0.3 is 0 Å². The average Bonchev–Trinajstić information content (AvgIpc) is 3.05. The molecule has 1 aromatic rings. The number of anilines is 1. The maximum Gasteiger partial charge on any atom is 0.233 e. The van der Waals surface area contributed by atoms with Gasteiger partial charge in [-0.2, -0.15) is 0 Å². The van der Waals surface area contributed by atoms with Gasteiger partial charge in [-0.05, 0) is 46.5 Å². The third kappa shape index (κ3) is 3.65. The fraction of sp³-hybridized carbons (Fsp3) is 0.727. The highest BCUT2D eigenvalue weighted by molar-refractivity contribution is 6.00. The molecule has 3 aliphatic heterocycles. The minimum Gasteiger partial charge on any atom is -0.381 e. The maximum atomic E-state index is 13.1. The average molecular weight is 401 g/mol. The van der Waals surface area contributed by atoms with Gasteiger partial charge in [0.2, 0.25) is 11.8 Å². The summed E-state index contributed by atoms with van der Waals surface area (Å²) in [7, 11) is 0. The van der Waals surface area contributed by atoms with Gasteiger partial charge in [0, 0.05) is 54.9 Å². The van der Waals surface area contributed by atoms with Crippen molar-refractivity contribution in [3.8, 4) is 0 Å². The largest absolute Gasteiger partial charge is 0.381 e. The fourth-order valence-electron chi connectivity index (χ4n) is 4.96. The van der Waals surface area contributed by atoms with Gasteiger partial charge in [-0.1, -0.05) is 6.92 Å². The summed E-state index contributed by atoms with van der Waals surface area (Å²) in [4.78, 5) is 39.1. The molecule has 2 saturated heterocycles. The molecule has 29 heavy (non-hydrogen) atoms. The van der Waals surface area contributed by atoms with Gasteiger partial charge in [0.1, 0.15) is 11.6 Å². The number of aromatic nitrogens is 2. The lowest BCUT2D eigenvalue weighted by atomic mass is 9.80. The summed E-state index contributed by atoms with van der Waals surface area (Å²) >= 11 is 0. The molecule has 0 N–H and O–H groups in total. The van der Waals surface area contributed by atoms with E-state index >= 15 is 0 Å². The fourth-order valence-corrected chi connectivity index (χ4v) is 4.96. The number of nitrogens with zero attached hydrogens (tertiary/aromatic N) is 4. The van der Waals surface area contributed by atoms with Crippen LogP contribution in [0.2, 0.25) is 0 Å². The summed E-state index contributed by atoms with van der Waals surface area (Å²) in [6.07, 6.45) is 3.89. The molecular formula is C22H32N4O3. The summed E-state index contributed by atoms with van der Waals surface area (Å²) in [5.41, 5.74) is 1.53. The Bertz CT molecular complexity index is 819. The van der Waals surface area contributed by atoms with E-state index in [-0.39, 0.29) is 29.2 Å². The van der Waals surface area contributed by atoms with Crippen LogP contribution in [-0.4, -0.2) is 59.0 Å². The van der Waals surface area contributed by atoms with E-state index in [0.717, 1.165) is 55.1 Å². The zero-order valence-electron chi connectivity index (χ0n) is 18.0. The first-order valence-electron chi connectivity index (χ1n) is 10.9. The molecule has 0 aromatic carbocycles. The van der Waals surface area contributed by atoms with Crippen molar-refractivity contribution in [2.75, 3.05) is 31.2 Å². The molecular weight excluding hydrogens is 368 g/mol. The molecule has 1 atom stereocenters. The van der Waals surface area contributed by atoms with Crippen LogP contribution < -0.4 is 4.90 Å². The Morgan fingerprint density at radius 1 is 1.24 bits per heavy atom. The first-order valence-corrected chi connectivity index (χ1v) is 10.9. The first-order chi connectivity index (χ1) is 13.8. The Hall–Kier alpha value is -2.02. The van der Waals surface area contributed by atoms with E-state index in [1.807, 2.05) is 25.7 Å². The molecule has 0 radical (unpaired) electrons. The topological polar surface area (TPSA) is 75.6 Å². The van der Waals surface area contributed by atoms with Crippen LogP contribution in [0.5, 0.6) is 0 Å². The van der Waals surface area contributed by atoms with E-state index in [1.165, 1.54) is 0 Å². The lowest BCUT2D eigenvalue weighted by molar-refractivity contribution is -0.140. The summed E-state index contributed by atoms with van der Waals surface area (Å²) < 4.78 is 5.42. The summed E-state index contributed by atoms with van der Waals surface area (Å²) in [6, 6.07) is 0.0664. The van der Waals surface area contributed by atoms with Crippen molar-refractivity contribution in [1.29, 1.82) is 0 Å². The van der Waals surface area contributed by atoms with Crippen molar-refractivity contribution in [2.45, 2.75) is 71.3 Å². The SMILES string of the molecule is Cc1nc(C2(C)CCCN(C(=O)C3CCOCC3)C2)nc2c1CC(=O)N2C(C)C. The monoisotopic (exact) mass is 400 g/mol. The third-order valence-corrected chi connectivity index (χ3v) is 6.65. The number of carbonyl (C=O) groups is 2. The van der Waals surface area contributed by atoms with Gasteiger partial charge in [-0.15, -0.1) is 0 Å². The van der Waals surface area contributed by atoms with E-state index in [0.29, 0.717) is 26.2 Å². The van der Waals surface area contributed by atoms with Crippen LogP contribution in [0.15, 0.2) is 0 Å². The van der Waals surface area contributed by atoms with Gasteiger partial charge in [-0.25, -0.2) is 9.97 Å². The molecule has 7 nitrogen and oxygen atoms in total. The van der Waals surface area contributed by atoms with E-state index in [9.17, 15) is 9.59 Å². The molecule has 0 bridgehead atoms. The molecule has 3 aliphatic rings. The molecule has 4 heterocycles. The zero-order valence-corrected chi connectivity index (χ0v) is 18.0. The Morgan fingerprint density at radius 2 is 1.97 bits per heavy atom. The third-order valence-electron chi connectivity index (χ3n) is 6.65. The standard InChI is InChI=1S/C22H32N4O3/c1-14(2)26-18(27)12-17-15(3)23-21(24-19(17)26)22(4)8-5-9-25(13-22)20(28)16-6-10-29-11-7-16/h14,16H,5-13H2,1-4H3. The molecule has 7 heteroatoms. The highest BCUT2D eigenvalue weighted by Crippen LogP contribution is 2.37. The van der Waals surface area contributed by atoms with Crippen molar-refractivity contribution in [3.63, 3.8) is 0 Å². The van der Waals surface area contributed by atoms with Crippen LogP contribution in [0.3, 0.4) is 0 Å². The second kappa shape index (κ2) is 7.67. The summed E-state index contributed by atoms with van der Waals surface area (Å²) in [5, 5.41) is 0. The Labute approximate surface area is 172 Å². The summed E-state index contributed by atoms with van der Waals surface area (Å²) in [5.74, 6) is 1.94. The van der Waals surface area contributed by atoms with Crippen molar-refractivity contribution in [3.05, 3.63) is 17.1 Å². The van der Waals surface area contributed by atoms with E-state index < -0.39 is 0 Å². The van der Waals surface area contributed by atoms with E-state index in [1.54, 1.807) is 4.90 Å². The van der Waals surface area contributed by atoms with Crippen LogP contribution in [0.25, 0.3) is 0 Å². The van der Waals surface area contributed by atoms with Crippen molar-refractivity contribution in [2.24, 2.45) is 5.92 Å². The predicted molar refractivity (Wildman–Crippen MR) is 110 cm³/mol. The van der Waals surface area contributed by atoms with Gasteiger partial charge in [0.15, 0.2) is 0 Å². The smallest absolute Gasteiger partial charge is 0.233 e. The predicted octanol–water partition coefficient (Wildman–Crippen LogP) is 2.39. The van der Waals surface area contributed by atoms with Crippen LogP contribution in [0.1, 0.15) is 63.5 Å². The Morgan fingerprint density at radius 3 is 2.66 bits per heavy atom. The molecule has 1 unspecified atom stereocenters. The number of fused-ring (bicyclic) bond motifs is 1. The molecule has 2 fully saturated rings. The van der Waals surface area contributed by atoms with Gasteiger partial charge in [0.05, 0.1) is 6.42 Å². The van der Waals surface area contributed by atoms with Gasteiger partial charge < -0.3 is 9.64 Å². The second-order valence-electron chi connectivity index (χ2n) is 9.28. The van der Waals surface area contributed by atoms with Gasteiger partial charge in [0.25, 0.3) is 0 Å². The first kappa shape index (κ1) is 20.3. The Kier molecular flexibility index (Phi) is 5.36. The normalized spacial score (nSPS) is 25.6. The quantitative estimate of drug-likeness (QED) is 0.779. The number of rotatable bonds is 3. The molecule has 2 amide bonds. The minimum atomic E-state index is -0.298. The van der Waals surface area contributed by atoms with Crippen LogP contribution in [0.4, 0.5) is 5.82 Å². The van der Waals surface area contributed by atoms with E-state index in [4.69, 9.17) is 14.7 Å². The van der Waals surface area contributed by atoms with Gasteiger partial charge in [-0.3, -0.25) is 14.5 Å². The zero-order chi connectivity index (χ0) is 20.8. The maximum absolute atomic E-state index is 13.1. The highest BCUT2D eigenvalue weighted by atomic mass is 16.5. The van der Waals surface area contributed by atoms with Crippen LogP contribution in [-0.2, 0) is 26.2 Å². The Balaban J connectivity index is 1.61. The number of carbonyl (C=O) groups excluding carboxylic acids is 2. The minimum absolute atomic E-state index is 0.0664. The number of hydrogen-bond acceptors (Lipinski definition) is 5. The number of likely N-dealkylation sites (tertiary alicyclic amines) is 1. The van der Waals surface area contributed by atoms with Crippen molar-refractivity contribution >= 4 is 17.6 Å². The molecule has 158 valence electrons. The molecule has 0 spiro atoms. The van der Waals surface area contributed by atoms with Crippen LogP contribution >= 0.6 is 0 Å². The second-order valence-corrected chi connectivity index (χ2v) is 9.28. The molecule has 4 rings (SSSR count). The van der Waals surface area contributed by atoms with E-state index in [2.05, 4.69) is 6.92 Å².